The van der Waals surface area contributed by atoms with Gasteiger partial charge in [-0.15, -0.1) is 0 Å². The van der Waals surface area contributed by atoms with E-state index in [0.29, 0.717) is 24.8 Å². The summed E-state index contributed by atoms with van der Waals surface area (Å²) in [6, 6.07) is 17.3. The second-order valence-electron chi connectivity index (χ2n) is 7.41. The molecule has 0 spiro atoms. The number of nitrogens with one attached hydrogen (secondary N) is 1. The van der Waals surface area contributed by atoms with Crippen LogP contribution in [0.15, 0.2) is 54.6 Å². The zero-order valence-electron chi connectivity index (χ0n) is 17.4. The third-order valence-electron chi connectivity index (χ3n) is 4.37. The van der Waals surface area contributed by atoms with E-state index in [1.807, 2.05) is 30.3 Å². The van der Waals surface area contributed by atoms with Gasteiger partial charge < -0.3 is 14.8 Å². The van der Waals surface area contributed by atoms with Gasteiger partial charge in [0.05, 0.1) is 19.6 Å². The minimum Gasteiger partial charge on any atom is -0.494 e. The van der Waals surface area contributed by atoms with Crippen molar-refractivity contribution < 1.29 is 19.1 Å². The first-order valence-corrected chi connectivity index (χ1v) is 10.2. The Morgan fingerprint density at radius 2 is 1.66 bits per heavy atom. The summed E-state index contributed by atoms with van der Waals surface area (Å²) in [5.74, 6) is 0.827. The van der Waals surface area contributed by atoms with Gasteiger partial charge in [0.25, 0.3) is 0 Å². The third-order valence-corrected chi connectivity index (χ3v) is 4.37. The highest BCUT2D eigenvalue weighted by Crippen LogP contribution is 2.17. The Hall–Kier alpha value is -2.82. The maximum atomic E-state index is 12.0. The van der Waals surface area contributed by atoms with Crippen LogP contribution >= 0.6 is 0 Å². The summed E-state index contributed by atoms with van der Waals surface area (Å²) >= 11 is 0. The number of aryl methyl sites for hydroxylation is 1. The number of benzene rings is 2. The smallest absolute Gasteiger partial charge is 0.306 e. The van der Waals surface area contributed by atoms with Gasteiger partial charge in [0, 0.05) is 12.1 Å². The molecule has 29 heavy (non-hydrogen) atoms. The highest BCUT2D eigenvalue weighted by molar-refractivity contribution is 5.92. The van der Waals surface area contributed by atoms with Crippen LogP contribution in [-0.2, 0) is 20.7 Å². The summed E-state index contributed by atoms with van der Waals surface area (Å²) < 4.78 is 10.9. The van der Waals surface area contributed by atoms with E-state index in [1.54, 1.807) is 12.1 Å². The van der Waals surface area contributed by atoms with Crippen LogP contribution in [0.1, 0.15) is 45.1 Å². The molecule has 0 aromatic heterocycles. The molecule has 2 rings (SSSR count). The van der Waals surface area contributed by atoms with Gasteiger partial charge in [-0.3, -0.25) is 9.59 Å². The Labute approximate surface area is 173 Å². The zero-order valence-corrected chi connectivity index (χ0v) is 17.4. The number of ether oxygens (including phenoxy) is 2. The highest BCUT2D eigenvalue weighted by atomic mass is 16.5. The lowest BCUT2D eigenvalue weighted by Gasteiger charge is -2.09. The van der Waals surface area contributed by atoms with Gasteiger partial charge in [-0.05, 0) is 55.0 Å². The van der Waals surface area contributed by atoms with Gasteiger partial charge in [-0.1, -0.05) is 44.2 Å². The SMILES string of the molecule is CC(C)CCOc1ccc(NC(=O)CCC(=O)OCCCc2ccccc2)cc1. The van der Waals surface area contributed by atoms with Gasteiger partial charge in [-0.25, -0.2) is 0 Å². The van der Waals surface area contributed by atoms with Crippen LogP contribution in [0.2, 0.25) is 0 Å². The first-order chi connectivity index (χ1) is 14.0. The van der Waals surface area contributed by atoms with Gasteiger partial charge >= 0.3 is 5.97 Å². The number of hydrogen-bond acceptors (Lipinski definition) is 4. The fourth-order valence-electron chi connectivity index (χ4n) is 2.67. The largest absolute Gasteiger partial charge is 0.494 e. The molecule has 5 nitrogen and oxygen atoms in total. The average Bonchev–Trinajstić information content (AvgIpc) is 2.71. The molecule has 0 bridgehead atoms. The fourth-order valence-corrected chi connectivity index (χ4v) is 2.67. The van der Waals surface area contributed by atoms with Crippen molar-refractivity contribution in [2.45, 2.75) is 46.0 Å². The Bertz CT molecular complexity index is 741. The maximum absolute atomic E-state index is 12.0. The predicted octanol–water partition coefficient (Wildman–Crippen LogP) is 5.01. The molecule has 1 amide bonds. The van der Waals surface area contributed by atoms with Crippen LogP contribution in [0.5, 0.6) is 5.75 Å². The van der Waals surface area contributed by atoms with Crippen LogP contribution < -0.4 is 10.1 Å². The molecule has 0 heterocycles. The van der Waals surface area contributed by atoms with Gasteiger partial charge in [-0.2, -0.15) is 0 Å². The van der Waals surface area contributed by atoms with Crippen molar-refractivity contribution in [3.05, 3.63) is 60.2 Å². The van der Waals surface area contributed by atoms with Crippen molar-refractivity contribution in [1.82, 2.24) is 0 Å². The van der Waals surface area contributed by atoms with Gasteiger partial charge in [0.1, 0.15) is 5.75 Å². The van der Waals surface area contributed by atoms with Crippen LogP contribution in [0.4, 0.5) is 5.69 Å². The minimum atomic E-state index is -0.345. The van der Waals surface area contributed by atoms with E-state index in [1.165, 1.54) is 5.56 Å². The lowest BCUT2D eigenvalue weighted by atomic mass is 10.1. The monoisotopic (exact) mass is 397 g/mol. The van der Waals surface area contributed by atoms with Crippen molar-refractivity contribution in [2.24, 2.45) is 5.92 Å². The Morgan fingerprint density at radius 3 is 2.34 bits per heavy atom. The lowest BCUT2D eigenvalue weighted by molar-refractivity contribution is -0.144. The molecular formula is C24H31NO4. The van der Waals surface area contributed by atoms with E-state index in [0.717, 1.165) is 25.0 Å². The quantitative estimate of drug-likeness (QED) is 0.404. The summed E-state index contributed by atoms with van der Waals surface area (Å²) in [6.45, 7) is 5.36. The first kappa shape index (κ1) is 22.5. The molecule has 156 valence electrons. The Balaban J connectivity index is 1.59. The van der Waals surface area contributed by atoms with Crippen LogP contribution in [0.3, 0.4) is 0 Å². The van der Waals surface area contributed by atoms with Crippen molar-refractivity contribution in [1.29, 1.82) is 0 Å². The second kappa shape index (κ2) is 12.6. The predicted molar refractivity (Wildman–Crippen MR) is 115 cm³/mol. The topological polar surface area (TPSA) is 64.6 Å². The summed E-state index contributed by atoms with van der Waals surface area (Å²) in [7, 11) is 0. The van der Waals surface area contributed by atoms with E-state index in [4.69, 9.17) is 9.47 Å². The molecule has 0 fully saturated rings. The van der Waals surface area contributed by atoms with Gasteiger partial charge in [0.2, 0.25) is 5.91 Å². The lowest BCUT2D eigenvalue weighted by Crippen LogP contribution is -2.15. The van der Waals surface area contributed by atoms with Gasteiger partial charge in [0.15, 0.2) is 0 Å². The summed E-state index contributed by atoms with van der Waals surface area (Å²) in [6.07, 6.45) is 2.82. The van der Waals surface area contributed by atoms with E-state index in [-0.39, 0.29) is 24.7 Å². The number of hydrogen-bond donors (Lipinski definition) is 1. The molecule has 0 aliphatic rings. The Morgan fingerprint density at radius 1 is 0.931 bits per heavy atom. The Kier molecular flexibility index (Phi) is 9.76. The first-order valence-electron chi connectivity index (χ1n) is 10.2. The number of esters is 1. The van der Waals surface area contributed by atoms with Crippen molar-refractivity contribution in [3.8, 4) is 5.75 Å². The third kappa shape index (κ3) is 9.79. The van der Waals surface area contributed by atoms with Crippen LogP contribution in [0, 0.1) is 5.92 Å². The second-order valence-corrected chi connectivity index (χ2v) is 7.41. The number of carbonyl (C=O) groups is 2. The molecule has 1 N–H and O–H groups in total. The molecule has 0 aliphatic heterocycles. The number of anilines is 1. The van der Waals surface area contributed by atoms with Crippen LogP contribution in [0.25, 0.3) is 0 Å². The number of carbonyl (C=O) groups excluding carboxylic acids is 2. The summed E-state index contributed by atoms with van der Waals surface area (Å²) in [5.41, 5.74) is 1.90. The average molecular weight is 398 g/mol. The van der Waals surface area contributed by atoms with Crippen molar-refractivity contribution in [3.63, 3.8) is 0 Å². The number of amides is 1. The van der Waals surface area contributed by atoms with Crippen molar-refractivity contribution in [2.75, 3.05) is 18.5 Å². The molecule has 0 radical (unpaired) electrons. The molecule has 5 heteroatoms. The maximum Gasteiger partial charge on any atom is 0.306 e. The molecular weight excluding hydrogens is 366 g/mol. The number of rotatable bonds is 12. The molecule has 2 aromatic rings. The normalized spacial score (nSPS) is 10.6. The minimum absolute atomic E-state index is 0.0770. The fraction of sp³-hybridized carbons (Fsp3) is 0.417. The van der Waals surface area contributed by atoms with E-state index < -0.39 is 0 Å². The molecule has 0 saturated heterocycles. The molecule has 0 aliphatic carbocycles. The molecule has 0 saturated carbocycles. The molecule has 0 unspecified atom stereocenters. The van der Waals surface area contributed by atoms with E-state index in [2.05, 4.69) is 31.3 Å². The summed E-state index contributed by atoms with van der Waals surface area (Å²) in [5, 5.41) is 2.79. The summed E-state index contributed by atoms with van der Waals surface area (Å²) in [4.78, 5) is 23.8. The molecule has 0 atom stereocenters. The van der Waals surface area contributed by atoms with Crippen LogP contribution in [-0.4, -0.2) is 25.1 Å². The molecule has 2 aromatic carbocycles. The van der Waals surface area contributed by atoms with Crippen molar-refractivity contribution >= 4 is 17.6 Å². The highest BCUT2D eigenvalue weighted by Gasteiger charge is 2.09. The standard InChI is InChI=1S/C24H31NO4/c1-19(2)16-18-28-22-12-10-21(11-13-22)25-23(26)14-15-24(27)29-17-6-9-20-7-4-3-5-8-20/h3-5,7-8,10-13,19H,6,9,14-18H2,1-2H3,(H,25,26). The zero-order chi connectivity index (χ0) is 20.9. The van der Waals surface area contributed by atoms with E-state index >= 15 is 0 Å². The van der Waals surface area contributed by atoms with E-state index in [9.17, 15) is 9.59 Å².